The van der Waals surface area contributed by atoms with Crippen LogP contribution in [0.15, 0.2) is 0 Å². The number of nitrogens with zero attached hydrogens (tertiary/aromatic N) is 1. The molecule has 1 heterocycles. The highest BCUT2D eigenvalue weighted by Gasteiger charge is 2.26. The summed E-state index contributed by atoms with van der Waals surface area (Å²) in [4.78, 5) is 24.8. The summed E-state index contributed by atoms with van der Waals surface area (Å²) in [6, 6.07) is 0. The summed E-state index contributed by atoms with van der Waals surface area (Å²) >= 11 is 0. The van der Waals surface area contributed by atoms with E-state index < -0.39 is 5.60 Å². The molecule has 0 unspecified atom stereocenters. The first-order valence-electron chi connectivity index (χ1n) is 7.06. The van der Waals surface area contributed by atoms with Crippen molar-refractivity contribution < 1.29 is 14.3 Å². The molecule has 2 amide bonds. The van der Waals surface area contributed by atoms with E-state index in [0.29, 0.717) is 25.4 Å². The summed E-state index contributed by atoms with van der Waals surface area (Å²) in [5, 5.41) is 2.91. The maximum absolute atomic E-state index is 11.9. The van der Waals surface area contributed by atoms with Gasteiger partial charge in [0.05, 0.1) is 0 Å². The van der Waals surface area contributed by atoms with Crippen molar-refractivity contribution in [3.63, 3.8) is 0 Å². The lowest BCUT2D eigenvalue weighted by molar-refractivity contribution is -0.121. The number of rotatable bonds is 3. The largest absolute Gasteiger partial charge is 0.444 e. The summed E-state index contributed by atoms with van der Waals surface area (Å²) in [6.07, 6.45) is 2.13. The maximum Gasteiger partial charge on any atom is 0.410 e. The molecule has 5 heteroatoms. The SMILES string of the molecule is CCC(=O)NCC1CCN(C(=O)OC(C)(C)C)CC1. The molecule has 0 aromatic rings. The van der Waals surface area contributed by atoms with Crippen LogP contribution in [0.1, 0.15) is 47.0 Å². The lowest BCUT2D eigenvalue weighted by Gasteiger charge is -2.33. The zero-order chi connectivity index (χ0) is 14.5. The molecule has 1 fully saturated rings. The number of ether oxygens (including phenoxy) is 1. The molecule has 5 nitrogen and oxygen atoms in total. The molecule has 0 aromatic heterocycles. The number of amides is 2. The molecule has 110 valence electrons. The molecular formula is C14H26N2O3. The Morgan fingerprint density at radius 1 is 1.26 bits per heavy atom. The van der Waals surface area contributed by atoms with Crippen LogP contribution in [-0.2, 0) is 9.53 Å². The van der Waals surface area contributed by atoms with E-state index >= 15 is 0 Å². The molecule has 1 saturated heterocycles. The molecule has 1 N–H and O–H groups in total. The zero-order valence-corrected chi connectivity index (χ0v) is 12.5. The fraction of sp³-hybridized carbons (Fsp3) is 0.857. The highest BCUT2D eigenvalue weighted by atomic mass is 16.6. The van der Waals surface area contributed by atoms with E-state index in [4.69, 9.17) is 4.74 Å². The van der Waals surface area contributed by atoms with E-state index in [2.05, 4.69) is 5.32 Å². The smallest absolute Gasteiger partial charge is 0.410 e. The minimum absolute atomic E-state index is 0.0922. The molecule has 0 saturated carbocycles. The average molecular weight is 270 g/mol. The Hall–Kier alpha value is -1.26. The Balaban J connectivity index is 2.29. The van der Waals surface area contributed by atoms with Gasteiger partial charge in [0, 0.05) is 26.1 Å². The molecule has 0 atom stereocenters. The number of nitrogens with one attached hydrogen (secondary N) is 1. The average Bonchev–Trinajstić information content (AvgIpc) is 2.34. The van der Waals surface area contributed by atoms with Gasteiger partial charge in [-0.15, -0.1) is 0 Å². The summed E-state index contributed by atoms with van der Waals surface area (Å²) in [5.41, 5.74) is -0.441. The Labute approximate surface area is 115 Å². The van der Waals surface area contributed by atoms with Gasteiger partial charge in [0.25, 0.3) is 0 Å². The van der Waals surface area contributed by atoms with Crippen LogP contribution in [0.2, 0.25) is 0 Å². The molecule has 0 bridgehead atoms. The molecule has 1 rings (SSSR count). The number of carbonyl (C=O) groups excluding carboxylic acids is 2. The molecule has 1 aliphatic heterocycles. The van der Waals surface area contributed by atoms with Gasteiger partial charge in [-0.2, -0.15) is 0 Å². The Morgan fingerprint density at radius 3 is 2.32 bits per heavy atom. The molecule has 1 aliphatic rings. The van der Waals surface area contributed by atoms with Crippen molar-refractivity contribution in [2.75, 3.05) is 19.6 Å². The lowest BCUT2D eigenvalue weighted by atomic mass is 9.97. The summed E-state index contributed by atoms with van der Waals surface area (Å²) in [5.74, 6) is 0.559. The van der Waals surface area contributed by atoms with E-state index in [0.717, 1.165) is 19.4 Å². The van der Waals surface area contributed by atoms with Crippen LogP contribution in [0.25, 0.3) is 0 Å². The van der Waals surface area contributed by atoms with Crippen LogP contribution < -0.4 is 5.32 Å². The van der Waals surface area contributed by atoms with Gasteiger partial charge in [-0.25, -0.2) is 4.79 Å². The molecule has 19 heavy (non-hydrogen) atoms. The van der Waals surface area contributed by atoms with Crippen molar-refractivity contribution in [3.8, 4) is 0 Å². The number of carbonyl (C=O) groups is 2. The van der Waals surface area contributed by atoms with Crippen LogP contribution in [0.3, 0.4) is 0 Å². The van der Waals surface area contributed by atoms with E-state index in [1.54, 1.807) is 4.90 Å². The summed E-state index contributed by atoms with van der Waals surface area (Å²) in [7, 11) is 0. The van der Waals surface area contributed by atoms with Crippen molar-refractivity contribution in [3.05, 3.63) is 0 Å². The molecule has 0 aromatic carbocycles. The first-order valence-corrected chi connectivity index (χ1v) is 7.06. The highest BCUT2D eigenvalue weighted by Crippen LogP contribution is 2.19. The van der Waals surface area contributed by atoms with Crippen LogP contribution in [-0.4, -0.2) is 42.1 Å². The molecule has 0 spiro atoms. The highest BCUT2D eigenvalue weighted by molar-refractivity contribution is 5.75. The predicted molar refractivity (Wildman–Crippen MR) is 73.8 cm³/mol. The fourth-order valence-electron chi connectivity index (χ4n) is 2.03. The van der Waals surface area contributed by atoms with E-state index in [1.165, 1.54) is 0 Å². The Bertz CT molecular complexity index is 315. The lowest BCUT2D eigenvalue weighted by Crippen LogP contribution is -2.43. The number of piperidine rings is 1. The minimum atomic E-state index is -0.441. The van der Waals surface area contributed by atoms with Gasteiger partial charge in [-0.05, 0) is 39.5 Å². The number of hydrogen-bond donors (Lipinski definition) is 1. The van der Waals surface area contributed by atoms with Gasteiger partial charge in [-0.1, -0.05) is 6.92 Å². The minimum Gasteiger partial charge on any atom is -0.444 e. The van der Waals surface area contributed by atoms with Crippen molar-refractivity contribution in [1.29, 1.82) is 0 Å². The number of hydrogen-bond acceptors (Lipinski definition) is 3. The van der Waals surface area contributed by atoms with Crippen molar-refractivity contribution in [1.82, 2.24) is 10.2 Å². The normalized spacial score (nSPS) is 17.2. The first-order chi connectivity index (χ1) is 8.81. The van der Waals surface area contributed by atoms with Gasteiger partial charge >= 0.3 is 6.09 Å². The quantitative estimate of drug-likeness (QED) is 0.855. The van der Waals surface area contributed by atoms with E-state index in [-0.39, 0.29) is 12.0 Å². The fourth-order valence-corrected chi connectivity index (χ4v) is 2.03. The molecule has 0 radical (unpaired) electrons. The maximum atomic E-state index is 11.9. The summed E-state index contributed by atoms with van der Waals surface area (Å²) < 4.78 is 5.35. The standard InChI is InChI=1S/C14H26N2O3/c1-5-12(17)15-10-11-6-8-16(9-7-11)13(18)19-14(2,3)4/h11H,5-10H2,1-4H3,(H,15,17). The molecular weight excluding hydrogens is 244 g/mol. The third-order valence-electron chi connectivity index (χ3n) is 3.18. The zero-order valence-electron chi connectivity index (χ0n) is 12.5. The summed E-state index contributed by atoms with van der Waals surface area (Å²) in [6.45, 7) is 9.60. The van der Waals surface area contributed by atoms with E-state index in [9.17, 15) is 9.59 Å². The van der Waals surface area contributed by atoms with Crippen LogP contribution in [0.4, 0.5) is 4.79 Å². The second kappa shape index (κ2) is 6.78. The third kappa shape index (κ3) is 5.94. The topological polar surface area (TPSA) is 58.6 Å². The number of likely N-dealkylation sites (tertiary alicyclic amines) is 1. The second-order valence-corrected chi connectivity index (χ2v) is 6.07. The second-order valence-electron chi connectivity index (χ2n) is 6.07. The molecule has 0 aliphatic carbocycles. The van der Waals surface area contributed by atoms with Crippen LogP contribution in [0.5, 0.6) is 0 Å². The third-order valence-corrected chi connectivity index (χ3v) is 3.18. The monoisotopic (exact) mass is 270 g/mol. The first kappa shape index (κ1) is 15.8. The van der Waals surface area contributed by atoms with Gasteiger partial charge in [-0.3, -0.25) is 4.79 Å². The Kier molecular flexibility index (Phi) is 5.63. The van der Waals surface area contributed by atoms with Crippen LogP contribution >= 0.6 is 0 Å². The Morgan fingerprint density at radius 2 is 1.84 bits per heavy atom. The van der Waals surface area contributed by atoms with Gasteiger partial charge in [0.1, 0.15) is 5.60 Å². The van der Waals surface area contributed by atoms with Crippen molar-refractivity contribution in [2.45, 2.75) is 52.6 Å². The predicted octanol–water partition coefficient (Wildman–Crippen LogP) is 2.16. The van der Waals surface area contributed by atoms with Crippen molar-refractivity contribution >= 4 is 12.0 Å². The van der Waals surface area contributed by atoms with E-state index in [1.807, 2.05) is 27.7 Å². The van der Waals surface area contributed by atoms with Crippen molar-refractivity contribution in [2.24, 2.45) is 5.92 Å². The van der Waals surface area contributed by atoms with Gasteiger partial charge in [0.15, 0.2) is 0 Å². The van der Waals surface area contributed by atoms with Gasteiger partial charge < -0.3 is 15.0 Å². The van der Waals surface area contributed by atoms with Gasteiger partial charge in [0.2, 0.25) is 5.91 Å². The van der Waals surface area contributed by atoms with Crippen LogP contribution in [0, 0.1) is 5.92 Å².